The van der Waals surface area contributed by atoms with E-state index < -0.39 is 12.0 Å². The van der Waals surface area contributed by atoms with E-state index in [4.69, 9.17) is 9.47 Å². The Hall–Kier alpha value is -2.34. The largest absolute Gasteiger partial charge is 0.484 e. The Labute approximate surface area is 144 Å². The Balaban J connectivity index is 1.73. The van der Waals surface area contributed by atoms with Crippen molar-refractivity contribution in [3.05, 3.63) is 51.7 Å². The summed E-state index contributed by atoms with van der Waals surface area (Å²) < 4.78 is 10.5. The van der Waals surface area contributed by atoms with Crippen molar-refractivity contribution < 1.29 is 19.1 Å². The van der Waals surface area contributed by atoms with Crippen molar-refractivity contribution in [3.63, 3.8) is 0 Å². The minimum atomic E-state index is -0.681. The van der Waals surface area contributed by atoms with Gasteiger partial charge in [0.15, 0.2) is 12.6 Å². The fourth-order valence-corrected chi connectivity index (χ4v) is 3.72. The Morgan fingerprint density at radius 2 is 2.00 bits per heavy atom. The summed E-state index contributed by atoms with van der Waals surface area (Å²) in [5.74, 6) is -0.00217. The summed E-state index contributed by atoms with van der Waals surface area (Å²) in [5, 5.41) is 1.94. The number of aryl methyl sites for hydroxylation is 1. The normalized spacial score (nSPS) is 16.4. The van der Waals surface area contributed by atoms with E-state index in [0.717, 1.165) is 22.4 Å². The molecule has 0 bridgehead atoms. The number of rotatable bonds is 4. The van der Waals surface area contributed by atoms with Gasteiger partial charge in [-0.2, -0.15) is 0 Å². The predicted octanol–water partition coefficient (Wildman–Crippen LogP) is 2.73. The van der Waals surface area contributed by atoms with E-state index in [2.05, 4.69) is 0 Å². The Bertz CT molecular complexity index is 738. The molecule has 1 aromatic carbocycles. The summed E-state index contributed by atoms with van der Waals surface area (Å²) >= 11 is 1.61. The Morgan fingerprint density at radius 3 is 2.71 bits per heavy atom. The molecular weight excluding hydrogens is 326 g/mol. The molecule has 2 aromatic rings. The second-order valence-electron chi connectivity index (χ2n) is 5.66. The SMILES string of the molecule is COC(=O)C1c2ccsc2CCN1C(=O)COc1ccc(C)cc1. The summed E-state index contributed by atoms with van der Waals surface area (Å²) in [6.07, 6.45) is 0.747. The third kappa shape index (κ3) is 3.28. The van der Waals surface area contributed by atoms with Crippen molar-refractivity contribution in [2.24, 2.45) is 0 Å². The van der Waals surface area contributed by atoms with Crippen LogP contribution in [0.3, 0.4) is 0 Å². The van der Waals surface area contributed by atoms with E-state index in [1.54, 1.807) is 16.2 Å². The van der Waals surface area contributed by atoms with Crippen molar-refractivity contribution in [2.75, 3.05) is 20.3 Å². The number of carbonyl (C=O) groups is 2. The highest BCUT2D eigenvalue weighted by atomic mass is 32.1. The van der Waals surface area contributed by atoms with Crippen LogP contribution in [0.2, 0.25) is 0 Å². The minimum absolute atomic E-state index is 0.101. The molecule has 0 aliphatic carbocycles. The van der Waals surface area contributed by atoms with Gasteiger partial charge in [0.05, 0.1) is 7.11 Å². The lowest BCUT2D eigenvalue weighted by molar-refractivity contribution is -0.154. The topological polar surface area (TPSA) is 55.8 Å². The second kappa shape index (κ2) is 7.05. The molecule has 0 fully saturated rings. The van der Waals surface area contributed by atoms with E-state index in [0.29, 0.717) is 12.3 Å². The molecule has 24 heavy (non-hydrogen) atoms. The Morgan fingerprint density at radius 1 is 1.25 bits per heavy atom. The molecule has 0 N–H and O–H groups in total. The smallest absolute Gasteiger partial charge is 0.333 e. The molecule has 1 unspecified atom stereocenters. The highest BCUT2D eigenvalue weighted by Crippen LogP contribution is 2.34. The molecule has 1 aromatic heterocycles. The number of esters is 1. The number of benzene rings is 1. The van der Waals surface area contributed by atoms with Crippen molar-refractivity contribution in [1.29, 1.82) is 0 Å². The average Bonchev–Trinajstić information content (AvgIpc) is 3.08. The van der Waals surface area contributed by atoms with Crippen molar-refractivity contribution >= 4 is 23.2 Å². The van der Waals surface area contributed by atoms with Crippen LogP contribution >= 0.6 is 11.3 Å². The zero-order chi connectivity index (χ0) is 17.1. The van der Waals surface area contributed by atoms with Crippen LogP contribution in [0.15, 0.2) is 35.7 Å². The highest BCUT2D eigenvalue weighted by molar-refractivity contribution is 7.10. The lowest BCUT2D eigenvalue weighted by Crippen LogP contribution is -2.45. The van der Waals surface area contributed by atoms with Crippen molar-refractivity contribution in [3.8, 4) is 5.75 Å². The number of ether oxygens (including phenoxy) is 2. The van der Waals surface area contributed by atoms with E-state index in [9.17, 15) is 9.59 Å². The summed E-state index contributed by atoms with van der Waals surface area (Å²) in [4.78, 5) is 27.5. The first-order valence-electron chi connectivity index (χ1n) is 7.73. The third-order valence-corrected chi connectivity index (χ3v) is 5.09. The van der Waals surface area contributed by atoms with Crippen LogP contribution in [0.1, 0.15) is 22.0 Å². The maximum absolute atomic E-state index is 12.6. The first kappa shape index (κ1) is 16.5. The van der Waals surface area contributed by atoms with Gasteiger partial charge in [-0.05, 0) is 42.5 Å². The Kier molecular flexibility index (Phi) is 4.85. The lowest BCUT2D eigenvalue weighted by Gasteiger charge is -2.33. The fourth-order valence-electron chi connectivity index (χ4n) is 2.81. The number of carbonyl (C=O) groups excluding carboxylic acids is 2. The number of nitrogens with zero attached hydrogens (tertiary/aromatic N) is 1. The molecule has 1 atom stereocenters. The summed E-state index contributed by atoms with van der Waals surface area (Å²) in [6, 6.07) is 8.72. The third-order valence-electron chi connectivity index (χ3n) is 4.09. The van der Waals surface area contributed by atoms with Gasteiger partial charge < -0.3 is 14.4 Å². The molecule has 2 heterocycles. The fraction of sp³-hybridized carbons (Fsp3) is 0.333. The van der Waals surface area contributed by atoms with Crippen LogP contribution in [0.25, 0.3) is 0 Å². The molecular formula is C18H19NO4S. The molecule has 0 saturated heterocycles. The number of thiophene rings is 1. The molecule has 1 aliphatic rings. The zero-order valence-electron chi connectivity index (χ0n) is 13.7. The minimum Gasteiger partial charge on any atom is -0.484 e. The molecule has 0 radical (unpaired) electrons. The van der Waals surface area contributed by atoms with Crippen molar-refractivity contribution in [1.82, 2.24) is 4.90 Å². The molecule has 3 rings (SSSR count). The standard InChI is InChI=1S/C18H19NO4S/c1-12-3-5-13(6-4-12)23-11-16(20)19-9-7-15-14(8-10-24-15)17(19)18(21)22-2/h3-6,8,10,17H,7,9,11H2,1-2H3. The molecule has 126 valence electrons. The average molecular weight is 345 g/mol. The van der Waals surface area contributed by atoms with Gasteiger partial charge in [0, 0.05) is 11.4 Å². The number of methoxy groups -OCH3 is 1. The van der Waals surface area contributed by atoms with Crippen LogP contribution in [0.4, 0.5) is 0 Å². The molecule has 5 nitrogen and oxygen atoms in total. The van der Waals surface area contributed by atoms with Gasteiger partial charge in [-0.15, -0.1) is 11.3 Å². The second-order valence-corrected chi connectivity index (χ2v) is 6.66. The number of hydrogen-bond acceptors (Lipinski definition) is 5. The van der Waals surface area contributed by atoms with Gasteiger partial charge in [-0.25, -0.2) is 4.79 Å². The van der Waals surface area contributed by atoms with Crippen molar-refractivity contribution in [2.45, 2.75) is 19.4 Å². The predicted molar refractivity (Wildman–Crippen MR) is 91.2 cm³/mol. The van der Waals surface area contributed by atoms with Crippen LogP contribution in [-0.4, -0.2) is 37.0 Å². The molecule has 0 spiro atoms. The molecule has 1 amide bonds. The van der Waals surface area contributed by atoms with Gasteiger partial charge in [0.25, 0.3) is 5.91 Å². The van der Waals surface area contributed by atoms with E-state index in [-0.39, 0.29) is 12.5 Å². The number of fused-ring (bicyclic) bond motifs is 1. The first-order chi connectivity index (χ1) is 11.6. The molecule has 0 saturated carbocycles. The van der Waals surface area contributed by atoms with E-state index in [1.807, 2.05) is 42.6 Å². The van der Waals surface area contributed by atoms with Gasteiger partial charge in [-0.1, -0.05) is 17.7 Å². The molecule has 1 aliphatic heterocycles. The number of amides is 1. The zero-order valence-corrected chi connectivity index (χ0v) is 14.5. The monoisotopic (exact) mass is 345 g/mol. The van der Waals surface area contributed by atoms with E-state index in [1.165, 1.54) is 7.11 Å². The quantitative estimate of drug-likeness (QED) is 0.800. The first-order valence-corrected chi connectivity index (χ1v) is 8.61. The van der Waals surface area contributed by atoms with Gasteiger partial charge in [0.2, 0.25) is 0 Å². The summed E-state index contributed by atoms with van der Waals surface area (Å²) in [7, 11) is 1.34. The lowest BCUT2D eigenvalue weighted by atomic mass is 10.00. The highest BCUT2D eigenvalue weighted by Gasteiger charge is 2.37. The molecule has 6 heteroatoms. The van der Waals surface area contributed by atoms with E-state index >= 15 is 0 Å². The maximum Gasteiger partial charge on any atom is 0.333 e. The van der Waals surface area contributed by atoms with Crippen LogP contribution < -0.4 is 4.74 Å². The van der Waals surface area contributed by atoms with Crippen LogP contribution in [0, 0.1) is 6.92 Å². The van der Waals surface area contributed by atoms with Gasteiger partial charge >= 0.3 is 5.97 Å². The maximum atomic E-state index is 12.6. The van der Waals surface area contributed by atoms with Gasteiger partial charge in [-0.3, -0.25) is 4.79 Å². The summed E-state index contributed by atoms with van der Waals surface area (Å²) in [6.45, 7) is 2.38. The van der Waals surface area contributed by atoms with Crippen LogP contribution in [-0.2, 0) is 20.7 Å². The number of hydrogen-bond donors (Lipinski definition) is 0. The van der Waals surface area contributed by atoms with Crippen LogP contribution in [0.5, 0.6) is 5.75 Å². The van der Waals surface area contributed by atoms with Gasteiger partial charge in [0.1, 0.15) is 5.75 Å². The summed E-state index contributed by atoms with van der Waals surface area (Å²) in [5.41, 5.74) is 1.99.